The zero-order valence-corrected chi connectivity index (χ0v) is 19.6. The third kappa shape index (κ3) is 5.36. The van der Waals surface area contributed by atoms with Crippen molar-refractivity contribution in [2.75, 3.05) is 0 Å². The normalized spacial score (nSPS) is 14.5. The number of rotatable bonds is 6. The highest BCUT2D eigenvalue weighted by Crippen LogP contribution is 2.53. The van der Waals surface area contributed by atoms with Gasteiger partial charge in [0, 0.05) is 18.3 Å². The molecule has 166 valence electrons. The van der Waals surface area contributed by atoms with E-state index in [4.69, 9.17) is 9.47 Å². The molecule has 0 saturated heterocycles. The Hall–Kier alpha value is -2.62. The zero-order chi connectivity index (χ0) is 22.9. The number of fused-ring (bicyclic) bond motifs is 3. The van der Waals surface area contributed by atoms with E-state index in [2.05, 4.69) is 24.3 Å². The Kier molecular flexibility index (Phi) is 6.31. The Morgan fingerprint density at radius 1 is 0.677 bits per heavy atom. The SMILES string of the molecule is CC(C)(C)OC(=O)CCC1(CCC(=O)OC(C)(C)C)c2ccccc2-c2ccccc21. The summed E-state index contributed by atoms with van der Waals surface area (Å²) in [4.78, 5) is 25.2. The summed E-state index contributed by atoms with van der Waals surface area (Å²) in [6.45, 7) is 11.3. The molecule has 1 aliphatic carbocycles. The van der Waals surface area contributed by atoms with Crippen LogP contribution >= 0.6 is 0 Å². The van der Waals surface area contributed by atoms with Crippen LogP contribution in [0.4, 0.5) is 0 Å². The minimum absolute atomic E-state index is 0.217. The number of hydrogen-bond acceptors (Lipinski definition) is 4. The molecule has 0 bridgehead atoms. The molecule has 0 aromatic heterocycles. The minimum atomic E-state index is -0.522. The van der Waals surface area contributed by atoms with Crippen LogP contribution in [0.15, 0.2) is 48.5 Å². The first-order valence-corrected chi connectivity index (χ1v) is 11.0. The van der Waals surface area contributed by atoms with Gasteiger partial charge in [0.2, 0.25) is 0 Å². The molecule has 0 heterocycles. The van der Waals surface area contributed by atoms with Crippen LogP contribution in [0.5, 0.6) is 0 Å². The summed E-state index contributed by atoms with van der Waals surface area (Å²) >= 11 is 0. The van der Waals surface area contributed by atoms with Crippen molar-refractivity contribution in [2.45, 2.75) is 83.8 Å². The minimum Gasteiger partial charge on any atom is -0.460 e. The van der Waals surface area contributed by atoms with Crippen molar-refractivity contribution in [3.8, 4) is 11.1 Å². The average molecular weight is 423 g/mol. The summed E-state index contributed by atoms with van der Waals surface area (Å²) < 4.78 is 11.2. The van der Waals surface area contributed by atoms with Crippen LogP contribution in [-0.4, -0.2) is 23.1 Å². The van der Waals surface area contributed by atoms with Gasteiger partial charge in [0.25, 0.3) is 0 Å². The van der Waals surface area contributed by atoms with Gasteiger partial charge < -0.3 is 9.47 Å². The van der Waals surface area contributed by atoms with Crippen LogP contribution in [0.1, 0.15) is 78.4 Å². The van der Waals surface area contributed by atoms with Crippen molar-refractivity contribution >= 4 is 11.9 Å². The first-order valence-electron chi connectivity index (χ1n) is 11.0. The number of benzene rings is 2. The van der Waals surface area contributed by atoms with Gasteiger partial charge in [-0.15, -0.1) is 0 Å². The van der Waals surface area contributed by atoms with Gasteiger partial charge in [-0.1, -0.05) is 48.5 Å². The number of carbonyl (C=O) groups is 2. The number of esters is 2. The van der Waals surface area contributed by atoms with Crippen molar-refractivity contribution in [3.63, 3.8) is 0 Å². The van der Waals surface area contributed by atoms with Crippen molar-refractivity contribution in [1.29, 1.82) is 0 Å². The molecule has 0 unspecified atom stereocenters. The van der Waals surface area contributed by atoms with Gasteiger partial charge in [-0.25, -0.2) is 0 Å². The molecule has 0 radical (unpaired) electrons. The third-order valence-corrected chi connectivity index (χ3v) is 5.53. The smallest absolute Gasteiger partial charge is 0.306 e. The van der Waals surface area contributed by atoms with E-state index in [9.17, 15) is 9.59 Å². The second kappa shape index (κ2) is 8.49. The van der Waals surface area contributed by atoms with E-state index >= 15 is 0 Å². The number of ether oxygens (including phenoxy) is 2. The summed E-state index contributed by atoms with van der Waals surface area (Å²) in [5.74, 6) is -0.433. The first-order chi connectivity index (χ1) is 14.4. The van der Waals surface area contributed by atoms with Gasteiger partial charge in [0.15, 0.2) is 0 Å². The number of carbonyl (C=O) groups excluding carboxylic acids is 2. The Morgan fingerprint density at radius 3 is 1.39 bits per heavy atom. The topological polar surface area (TPSA) is 52.6 Å². The summed E-state index contributed by atoms with van der Waals surface area (Å²) in [7, 11) is 0. The molecule has 0 atom stereocenters. The summed E-state index contributed by atoms with van der Waals surface area (Å²) in [5, 5.41) is 0. The standard InChI is InChI=1S/C27H34O4/c1-25(2,3)30-23(28)15-17-27(18-16-24(29)31-26(4,5)6)21-13-9-7-11-19(21)20-12-8-10-14-22(20)27/h7-14H,15-18H2,1-6H3. The summed E-state index contributed by atoms with van der Waals surface area (Å²) in [6, 6.07) is 16.6. The van der Waals surface area contributed by atoms with Crippen LogP contribution in [0.3, 0.4) is 0 Å². The highest BCUT2D eigenvalue weighted by Gasteiger charge is 2.43. The predicted octanol–water partition coefficient (Wildman–Crippen LogP) is 6.20. The van der Waals surface area contributed by atoms with Crippen LogP contribution < -0.4 is 0 Å². The molecule has 1 aliphatic rings. The predicted molar refractivity (Wildman–Crippen MR) is 123 cm³/mol. The first kappa shape index (κ1) is 23.1. The molecule has 2 aromatic rings. The van der Waals surface area contributed by atoms with Crippen molar-refractivity contribution in [1.82, 2.24) is 0 Å². The lowest BCUT2D eigenvalue weighted by Gasteiger charge is -2.33. The van der Waals surface area contributed by atoms with Gasteiger partial charge in [0.05, 0.1) is 0 Å². The van der Waals surface area contributed by atoms with Crippen LogP contribution in [0, 0.1) is 0 Å². The molecule has 2 aromatic carbocycles. The van der Waals surface area contributed by atoms with E-state index in [1.165, 1.54) is 22.3 Å². The molecule has 31 heavy (non-hydrogen) atoms. The zero-order valence-electron chi connectivity index (χ0n) is 19.6. The Morgan fingerprint density at radius 2 is 1.03 bits per heavy atom. The van der Waals surface area contributed by atoms with E-state index in [0.717, 1.165) is 0 Å². The Balaban J connectivity index is 1.95. The van der Waals surface area contributed by atoms with Crippen LogP contribution in [-0.2, 0) is 24.5 Å². The lowest BCUT2D eigenvalue weighted by atomic mass is 9.71. The van der Waals surface area contributed by atoms with E-state index in [1.807, 2.05) is 65.8 Å². The second-order valence-electron chi connectivity index (χ2n) is 10.3. The highest BCUT2D eigenvalue weighted by atomic mass is 16.6. The molecule has 0 aliphatic heterocycles. The van der Waals surface area contributed by atoms with Crippen molar-refractivity contribution in [3.05, 3.63) is 59.7 Å². The van der Waals surface area contributed by atoms with Gasteiger partial charge in [0.1, 0.15) is 11.2 Å². The molecule has 3 rings (SSSR count). The molecular weight excluding hydrogens is 388 g/mol. The van der Waals surface area contributed by atoms with Crippen molar-refractivity contribution in [2.24, 2.45) is 0 Å². The molecule has 0 fully saturated rings. The lowest BCUT2D eigenvalue weighted by molar-refractivity contribution is -0.155. The van der Waals surface area contributed by atoms with E-state index in [1.54, 1.807) is 0 Å². The van der Waals surface area contributed by atoms with E-state index in [-0.39, 0.29) is 24.8 Å². The average Bonchev–Trinajstić information content (AvgIpc) is 2.93. The van der Waals surface area contributed by atoms with Gasteiger partial charge in [-0.3, -0.25) is 9.59 Å². The Bertz CT molecular complexity index is 880. The third-order valence-electron chi connectivity index (χ3n) is 5.53. The fourth-order valence-electron chi connectivity index (χ4n) is 4.50. The van der Waals surface area contributed by atoms with Crippen molar-refractivity contribution < 1.29 is 19.1 Å². The summed E-state index contributed by atoms with van der Waals surface area (Å²) in [6.07, 6.45) is 1.74. The fourth-order valence-corrected chi connectivity index (χ4v) is 4.50. The molecule has 4 nitrogen and oxygen atoms in total. The lowest BCUT2D eigenvalue weighted by Crippen LogP contribution is -2.31. The van der Waals surface area contributed by atoms with E-state index in [0.29, 0.717) is 12.8 Å². The molecule has 0 N–H and O–H groups in total. The van der Waals surface area contributed by atoms with E-state index < -0.39 is 16.6 Å². The van der Waals surface area contributed by atoms with Crippen LogP contribution in [0.25, 0.3) is 11.1 Å². The molecule has 4 heteroatoms. The maximum absolute atomic E-state index is 12.6. The van der Waals surface area contributed by atoms with Gasteiger partial charge >= 0.3 is 11.9 Å². The largest absolute Gasteiger partial charge is 0.460 e. The highest BCUT2D eigenvalue weighted by molar-refractivity contribution is 5.82. The number of hydrogen-bond donors (Lipinski definition) is 0. The summed E-state index contributed by atoms with van der Waals surface area (Å²) in [5.41, 5.74) is 3.21. The van der Waals surface area contributed by atoms with Crippen LogP contribution in [0.2, 0.25) is 0 Å². The maximum Gasteiger partial charge on any atom is 0.306 e. The maximum atomic E-state index is 12.6. The van der Waals surface area contributed by atoms with Gasteiger partial charge in [-0.05, 0) is 76.6 Å². The fraction of sp³-hybridized carbons (Fsp3) is 0.481. The molecule has 0 spiro atoms. The second-order valence-corrected chi connectivity index (χ2v) is 10.3. The molecule has 0 amide bonds. The molecular formula is C27H34O4. The van der Waals surface area contributed by atoms with Gasteiger partial charge in [-0.2, -0.15) is 0 Å². The monoisotopic (exact) mass is 422 g/mol. The Labute approximate surface area is 186 Å². The quantitative estimate of drug-likeness (QED) is 0.520. The molecule has 0 saturated carbocycles.